The quantitative estimate of drug-likeness (QED) is 0.428. The van der Waals surface area contributed by atoms with E-state index < -0.39 is 0 Å². The summed E-state index contributed by atoms with van der Waals surface area (Å²) in [5.41, 5.74) is 5.58. The van der Waals surface area contributed by atoms with Gasteiger partial charge in [-0.05, 0) is 67.4 Å². The second-order valence-electron chi connectivity index (χ2n) is 8.03. The molecule has 0 saturated heterocycles. The number of imidazole rings is 1. The number of aromatic amines is 1. The van der Waals surface area contributed by atoms with Gasteiger partial charge in [-0.3, -0.25) is 4.79 Å². The van der Waals surface area contributed by atoms with Gasteiger partial charge >= 0.3 is 0 Å². The van der Waals surface area contributed by atoms with Crippen molar-refractivity contribution in [1.29, 1.82) is 0 Å². The molecule has 168 valence electrons. The lowest BCUT2D eigenvalue weighted by atomic mass is 10.0. The molecule has 0 radical (unpaired) electrons. The molecule has 0 saturated carbocycles. The van der Waals surface area contributed by atoms with Crippen LogP contribution in [0.1, 0.15) is 28.7 Å². The highest BCUT2D eigenvalue weighted by molar-refractivity contribution is 6.32. The van der Waals surface area contributed by atoms with Gasteiger partial charge in [-0.1, -0.05) is 23.7 Å². The van der Waals surface area contributed by atoms with Crippen molar-refractivity contribution in [1.82, 2.24) is 14.9 Å². The highest BCUT2D eigenvalue weighted by atomic mass is 35.5. The third kappa shape index (κ3) is 4.26. The van der Waals surface area contributed by atoms with Crippen molar-refractivity contribution >= 4 is 28.5 Å². The van der Waals surface area contributed by atoms with Crippen LogP contribution in [0.5, 0.6) is 11.5 Å². The highest BCUT2D eigenvalue weighted by Gasteiger charge is 2.22. The van der Waals surface area contributed by atoms with E-state index in [0.717, 1.165) is 39.3 Å². The van der Waals surface area contributed by atoms with Gasteiger partial charge in [0.25, 0.3) is 5.91 Å². The van der Waals surface area contributed by atoms with Gasteiger partial charge in [0, 0.05) is 17.7 Å². The number of hydrogen-bond acceptors (Lipinski definition) is 4. The van der Waals surface area contributed by atoms with Crippen LogP contribution in [-0.2, 0) is 6.54 Å². The molecule has 6 nitrogen and oxygen atoms in total. The Morgan fingerprint density at radius 1 is 1.15 bits per heavy atom. The van der Waals surface area contributed by atoms with Crippen LogP contribution in [-0.4, -0.2) is 40.5 Å². The van der Waals surface area contributed by atoms with Crippen molar-refractivity contribution in [3.05, 3.63) is 76.6 Å². The predicted octanol–water partition coefficient (Wildman–Crippen LogP) is 5.63. The van der Waals surface area contributed by atoms with Gasteiger partial charge in [-0.25, -0.2) is 4.98 Å². The fraction of sp³-hybridized carbons (Fsp3) is 0.231. The molecule has 0 bridgehead atoms. The number of aromatic nitrogens is 2. The summed E-state index contributed by atoms with van der Waals surface area (Å²) in [7, 11) is 0. The van der Waals surface area contributed by atoms with E-state index in [0.29, 0.717) is 42.6 Å². The van der Waals surface area contributed by atoms with E-state index in [1.165, 1.54) is 0 Å². The normalized spacial score (nSPS) is 13.4. The number of rotatable bonds is 4. The number of benzene rings is 3. The Balaban J connectivity index is 1.42. The fourth-order valence-corrected chi connectivity index (χ4v) is 4.39. The van der Waals surface area contributed by atoms with Crippen LogP contribution >= 0.6 is 11.6 Å². The van der Waals surface area contributed by atoms with Gasteiger partial charge in [0.1, 0.15) is 23.9 Å². The Morgan fingerprint density at radius 2 is 1.97 bits per heavy atom. The maximum Gasteiger partial charge on any atom is 0.254 e. The third-order valence-electron chi connectivity index (χ3n) is 5.74. The first kappa shape index (κ1) is 21.3. The van der Waals surface area contributed by atoms with Gasteiger partial charge in [-0.15, -0.1) is 0 Å². The maximum atomic E-state index is 13.2. The zero-order valence-electron chi connectivity index (χ0n) is 18.5. The van der Waals surface area contributed by atoms with Crippen LogP contribution in [0.3, 0.4) is 0 Å². The number of aryl methyl sites for hydroxylation is 1. The first-order valence-corrected chi connectivity index (χ1v) is 11.3. The largest absolute Gasteiger partial charge is 0.492 e. The minimum absolute atomic E-state index is 0.0869. The Bertz CT molecular complexity index is 1350. The Hall–Kier alpha value is -3.51. The summed E-state index contributed by atoms with van der Waals surface area (Å²) in [5.74, 6) is 2.18. The number of halogens is 1. The van der Waals surface area contributed by atoms with Crippen LogP contribution in [0.25, 0.3) is 22.2 Å². The van der Waals surface area contributed by atoms with Gasteiger partial charge in [0.05, 0.1) is 29.2 Å². The maximum absolute atomic E-state index is 13.2. The zero-order valence-corrected chi connectivity index (χ0v) is 19.3. The number of carbonyl (C=O) groups is 1. The van der Waals surface area contributed by atoms with Crippen molar-refractivity contribution in [2.45, 2.75) is 20.4 Å². The van der Waals surface area contributed by atoms with Crippen molar-refractivity contribution in [3.8, 4) is 22.6 Å². The topological polar surface area (TPSA) is 67.4 Å². The van der Waals surface area contributed by atoms with Crippen LogP contribution in [0.4, 0.5) is 0 Å². The van der Waals surface area contributed by atoms with E-state index in [1.807, 2.05) is 32.0 Å². The average Bonchev–Trinajstić information content (AvgIpc) is 3.05. The molecule has 1 N–H and O–H groups in total. The Morgan fingerprint density at radius 3 is 2.79 bits per heavy atom. The zero-order chi connectivity index (χ0) is 22.9. The van der Waals surface area contributed by atoms with Gasteiger partial charge in [0.15, 0.2) is 0 Å². The minimum atomic E-state index is -0.0869. The molecular weight excluding hydrogens is 438 g/mol. The third-order valence-corrected chi connectivity index (χ3v) is 6.04. The monoisotopic (exact) mass is 461 g/mol. The van der Waals surface area contributed by atoms with Gasteiger partial charge in [0.2, 0.25) is 0 Å². The van der Waals surface area contributed by atoms with Crippen molar-refractivity contribution in [3.63, 3.8) is 0 Å². The van der Waals surface area contributed by atoms with Crippen molar-refractivity contribution < 1.29 is 14.3 Å². The minimum Gasteiger partial charge on any atom is -0.492 e. The first-order chi connectivity index (χ1) is 16.0. The molecule has 0 fully saturated rings. The summed E-state index contributed by atoms with van der Waals surface area (Å²) in [5, 5.41) is 0.431. The molecule has 3 aromatic carbocycles. The second-order valence-corrected chi connectivity index (χ2v) is 8.44. The molecule has 0 aliphatic carbocycles. The smallest absolute Gasteiger partial charge is 0.254 e. The number of carbonyl (C=O) groups excluding carboxylic acids is 1. The lowest BCUT2D eigenvalue weighted by molar-refractivity contribution is 0.0733. The van der Waals surface area contributed by atoms with E-state index >= 15 is 0 Å². The van der Waals surface area contributed by atoms with Crippen molar-refractivity contribution in [2.24, 2.45) is 0 Å². The summed E-state index contributed by atoms with van der Waals surface area (Å²) in [6.07, 6.45) is 0. The summed E-state index contributed by atoms with van der Waals surface area (Å²) in [6, 6.07) is 17.5. The molecule has 0 atom stereocenters. The number of ether oxygens (including phenoxy) is 2. The molecule has 4 aromatic rings. The van der Waals surface area contributed by atoms with Crippen LogP contribution < -0.4 is 9.47 Å². The number of amides is 1. The van der Waals surface area contributed by atoms with E-state index in [-0.39, 0.29) is 5.91 Å². The second kappa shape index (κ2) is 8.79. The predicted molar refractivity (Wildman–Crippen MR) is 129 cm³/mol. The number of hydrogen-bond donors (Lipinski definition) is 1. The van der Waals surface area contributed by atoms with E-state index in [9.17, 15) is 4.79 Å². The molecule has 1 amide bonds. The highest BCUT2D eigenvalue weighted by Crippen LogP contribution is 2.32. The SMILES string of the molecule is CCOc1ccc(C(=O)N2CCOc3ccc(-c4ccc5nc(C)[nH]c5c4)cc3C2)cc1Cl. The molecule has 33 heavy (non-hydrogen) atoms. The molecule has 0 unspecified atom stereocenters. The van der Waals surface area contributed by atoms with Crippen LogP contribution in [0.15, 0.2) is 54.6 Å². The van der Waals surface area contributed by atoms with Gasteiger partial charge in [-0.2, -0.15) is 0 Å². The molecule has 2 heterocycles. The summed E-state index contributed by atoms with van der Waals surface area (Å²) >= 11 is 6.31. The average molecular weight is 462 g/mol. The molecule has 1 aliphatic rings. The fourth-order valence-electron chi connectivity index (χ4n) is 4.15. The van der Waals surface area contributed by atoms with Crippen LogP contribution in [0, 0.1) is 6.92 Å². The lowest BCUT2D eigenvalue weighted by Crippen LogP contribution is -2.32. The summed E-state index contributed by atoms with van der Waals surface area (Å²) < 4.78 is 11.4. The number of nitrogens with one attached hydrogen (secondary N) is 1. The van der Waals surface area contributed by atoms with E-state index in [2.05, 4.69) is 28.2 Å². The summed E-state index contributed by atoms with van der Waals surface area (Å²) in [6.45, 7) is 5.74. The molecule has 7 heteroatoms. The Labute approximate surface area is 197 Å². The summed E-state index contributed by atoms with van der Waals surface area (Å²) in [4.78, 5) is 22.8. The molecule has 1 aliphatic heterocycles. The van der Waals surface area contributed by atoms with E-state index in [4.69, 9.17) is 21.1 Å². The number of fused-ring (bicyclic) bond motifs is 2. The lowest BCUT2D eigenvalue weighted by Gasteiger charge is -2.20. The molecule has 5 rings (SSSR count). The Kier molecular flexibility index (Phi) is 5.68. The number of nitrogens with zero attached hydrogens (tertiary/aromatic N) is 2. The first-order valence-electron chi connectivity index (χ1n) is 11.0. The number of H-pyrrole nitrogens is 1. The van der Waals surface area contributed by atoms with Gasteiger partial charge < -0.3 is 19.4 Å². The molecular formula is C26H24ClN3O3. The van der Waals surface area contributed by atoms with E-state index in [1.54, 1.807) is 23.1 Å². The molecule has 0 spiro atoms. The van der Waals surface area contributed by atoms with Crippen molar-refractivity contribution in [2.75, 3.05) is 19.8 Å². The van der Waals surface area contributed by atoms with Crippen LogP contribution in [0.2, 0.25) is 5.02 Å². The molecule has 1 aromatic heterocycles. The standard InChI is InChI=1S/C26H24ClN3O3/c1-3-32-25-9-6-19(13-21(25)27)26(31)30-10-11-33-24-8-5-17(12-20(24)15-30)18-4-7-22-23(14-18)29-16(2)28-22/h4-9,12-14H,3,10-11,15H2,1-2H3,(H,28,29).